The molecule has 0 saturated carbocycles. The molecule has 3 unspecified atom stereocenters. The molecule has 0 aliphatic rings. The monoisotopic (exact) mass is 494 g/mol. The van der Waals surface area contributed by atoms with Crippen molar-refractivity contribution in [3.63, 3.8) is 0 Å². The number of aliphatic hydroxyl groups is 1. The summed E-state index contributed by atoms with van der Waals surface area (Å²) >= 11 is 0. The van der Waals surface area contributed by atoms with E-state index in [4.69, 9.17) is 16.1 Å². The molecule has 3 rings (SSSR count). The number of rotatable bonds is 7. The Kier molecular flexibility index (Phi) is 7.82. The Balaban J connectivity index is 2.33. The summed E-state index contributed by atoms with van der Waals surface area (Å²) in [6.07, 6.45) is 3.78. The maximum Gasteiger partial charge on any atom is 0.540 e. The first-order valence-electron chi connectivity index (χ1n) is 10.9. The largest absolute Gasteiger partial charge is 0.540 e. The van der Waals surface area contributed by atoms with Crippen LogP contribution in [0.2, 0.25) is 0 Å². The molecule has 2 N–H and O–H groups in total. The van der Waals surface area contributed by atoms with Crippen LogP contribution in [0.5, 0.6) is 5.75 Å². The van der Waals surface area contributed by atoms with E-state index < -0.39 is 31.1 Å². The van der Waals surface area contributed by atoms with Gasteiger partial charge in [-0.25, -0.2) is 14.2 Å². The van der Waals surface area contributed by atoms with Crippen LogP contribution in [0, 0.1) is 25.1 Å². The summed E-state index contributed by atoms with van der Waals surface area (Å²) in [4.78, 5) is 27.8. The van der Waals surface area contributed by atoms with Gasteiger partial charge in [-0.3, -0.25) is 0 Å². The number of aromatic nitrogens is 1. The van der Waals surface area contributed by atoms with Crippen molar-refractivity contribution in [1.29, 1.82) is 0 Å². The van der Waals surface area contributed by atoms with Gasteiger partial charge in [0.15, 0.2) is 5.75 Å². The molecule has 1 aromatic heterocycles. The number of pyridine rings is 1. The number of hydrogen-bond acceptors (Lipinski definition) is 5. The van der Waals surface area contributed by atoms with E-state index in [-0.39, 0.29) is 11.7 Å². The molecule has 1 heterocycles. The highest BCUT2D eigenvalue weighted by atomic mass is 31.1. The second kappa shape index (κ2) is 10.5. The summed E-state index contributed by atoms with van der Waals surface area (Å²) < 4.78 is 31.7. The molecule has 35 heavy (non-hydrogen) atoms. The molecular weight excluding hydrogens is 468 g/mol. The van der Waals surface area contributed by atoms with Crippen molar-refractivity contribution in [2.75, 3.05) is 0 Å². The minimum atomic E-state index is -3.35. The maximum absolute atomic E-state index is 13.9. The number of ether oxygens (including phenoxy) is 1. The van der Waals surface area contributed by atoms with Crippen LogP contribution in [-0.2, 0) is 9.36 Å². The predicted molar refractivity (Wildman–Crippen MR) is 133 cm³/mol. The Labute approximate surface area is 204 Å². The van der Waals surface area contributed by atoms with Gasteiger partial charge in [-0.05, 0) is 59.6 Å². The number of benzene rings is 2. The van der Waals surface area contributed by atoms with Gasteiger partial charge in [-0.2, -0.15) is 4.89 Å². The fourth-order valence-electron chi connectivity index (χ4n) is 3.75. The van der Waals surface area contributed by atoms with Crippen LogP contribution in [0.3, 0.4) is 0 Å². The quantitative estimate of drug-likeness (QED) is 0.260. The minimum absolute atomic E-state index is 0.0246. The number of terminal acetylenes is 1. The van der Waals surface area contributed by atoms with E-state index >= 15 is 0 Å². The van der Waals surface area contributed by atoms with Crippen molar-refractivity contribution >= 4 is 14.0 Å². The molecule has 0 radical (unpaired) electrons. The van der Waals surface area contributed by atoms with Crippen molar-refractivity contribution in [3.8, 4) is 40.5 Å². The first kappa shape index (κ1) is 26.2. The van der Waals surface area contributed by atoms with Crippen LogP contribution in [0.15, 0.2) is 54.6 Å². The zero-order valence-electron chi connectivity index (χ0n) is 19.8. The van der Waals surface area contributed by atoms with E-state index in [9.17, 15) is 23.7 Å². The van der Waals surface area contributed by atoms with Crippen molar-refractivity contribution in [3.05, 3.63) is 71.7 Å². The average Bonchev–Trinajstić information content (AvgIpc) is 2.80. The fourth-order valence-corrected chi connectivity index (χ4v) is 4.38. The lowest BCUT2D eigenvalue weighted by molar-refractivity contribution is -0.138. The molecule has 2 aromatic carbocycles. The molecule has 0 aliphatic carbocycles. The number of nitrogens with zero attached hydrogens (tertiary/aromatic N) is 1. The zero-order valence-corrected chi connectivity index (χ0v) is 20.7. The molecule has 0 amide bonds. The van der Waals surface area contributed by atoms with Gasteiger partial charge in [0.2, 0.25) is 0 Å². The second-order valence-corrected chi connectivity index (χ2v) is 9.75. The van der Waals surface area contributed by atoms with Gasteiger partial charge >= 0.3 is 19.2 Å². The number of aryl methyl sites for hydroxylation is 1. The smallest absolute Gasteiger partial charge is 0.419 e. The van der Waals surface area contributed by atoms with Gasteiger partial charge in [-0.15, -0.1) is 6.42 Å². The molecule has 3 atom stereocenters. The molecule has 6 nitrogen and oxygen atoms in total. The number of carbonyl (C=O) groups is 1. The Hall–Kier alpha value is -3.43. The number of aliphatic hydroxyl groups excluding tert-OH is 1. The fraction of sp³-hybridized carbons (Fsp3) is 0.259. The summed E-state index contributed by atoms with van der Waals surface area (Å²) in [5.41, 5.74) is 3.39. The number of esters is 1. The predicted octanol–water partition coefficient (Wildman–Crippen LogP) is 5.38. The maximum atomic E-state index is 13.9. The van der Waals surface area contributed by atoms with Crippen LogP contribution in [-0.4, -0.2) is 32.2 Å². The van der Waals surface area contributed by atoms with E-state index in [1.54, 1.807) is 19.1 Å². The highest BCUT2D eigenvalue weighted by molar-refractivity contribution is 7.42. The van der Waals surface area contributed by atoms with Crippen LogP contribution in [0.4, 0.5) is 4.39 Å². The van der Waals surface area contributed by atoms with E-state index in [1.165, 1.54) is 12.1 Å². The van der Waals surface area contributed by atoms with Crippen LogP contribution >= 0.6 is 8.03 Å². The third-order valence-electron chi connectivity index (χ3n) is 5.73. The highest BCUT2D eigenvalue weighted by Crippen LogP contribution is 2.44. The molecule has 3 aromatic rings. The van der Waals surface area contributed by atoms with Gasteiger partial charge in [0, 0.05) is 11.1 Å². The number of carbonyl (C=O) groups excluding carboxylic acids is 1. The molecule has 0 saturated heterocycles. The normalized spacial score (nSPS) is 14.1. The summed E-state index contributed by atoms with van der Waals surface area (Å²) in [6, 6.07) is 15.3. The Morgan fingerprint density at radius 1 is 1.14 bits per heavy atom. The molecule has 180 valence electrons. The topological polar surface area (TPSA) is 96.7 Å². The van der Waals surface area contributed by atoms with E-state index in [0.717, 1.165) is 12.5 Å². The van der Waals surface area contributed by atoms with E-state index in [2.05, 4.69) is 0 Å². The van der Waals surface area contributed by atoms with Crippen LogP contribution in [0.25, 0.3) is 22.4 Å². The highest BCUT2D eigenvalue weighted by Gasteiger charge is 2.62. The summed E-state index contributed by atoms with van der Waals surface area (Å²) in [7, 11) is -3.35. The number of halogens is 1. The zero-order chi connectivity index (χ0) is 25.9. The average molecular weight is 494 g/mol. The molecule has 0 aliphatic heterocycles. The standard InChI is InChI=1S/C27H25FNO5P/c1-6-27(18(5)30,35(32)33)26(31)34-25-22(21-13-12-20(28)14-17(21)4)15-23(29-24(25)16(2)3)19-10-8-7-9-11-19/h1,7-16,18,30H,2-5H3/p+1. The van der Waals surface area contributed by atoms with Crippen molar-refractivity contribution in [2.45, 2.75) is 44.9 Å². The Morgan fingerprint density at radius 2 is 1.80 bits per heavy atom. The summed E-state index contributed by atoms with van der Waals surface area (Å²) in [5.74, 6) is 0.0739. The van der Waals surface area contributed by atoms with Crippen LogP contribution < -0.4 is 4.74 Å². The molecule has 0 bridgehead atoms. The second-order valence-electron chi connectivity index (χ2n) is 8.50. The molecule has 0 spiro atoms. The van der Waals surface area contributed by atoms with Crippen molar-refractivity contribution < 1.29 is 28.5 Å². The Morgan fingerprint density at radius 3 is 2.31 bits per heavy atom. The van der Waals surface area contributed by atoms with Gasteiger partial charge in [-0.1, -0.05) is 50.2 Å². The first-order valence-corrected chi connectivity index (χ1v) is 12.1. The SMILES string of the molecule is C#CC(C(=O)Oc1c(-c2ccc(F)cc2C)cc(-c2ccccc2)nc1C(C)C)(C(C)O)[P+](=O)O. The molecule has 8 heteroatoms. The minimum Gasteiger partial charge on any atom is -0.419 e. The lowest BCUT2D eigenvalue weighted by Gasteiger charge is -2.22. The Bertz CT molecular complexity index is 1320. The molecular formula is C27H26FNO5P+. The van der Waals surface area contributed by atoms with Crippen molar-refractivity contribution in [2.24, 2.45) is 0 Å². The first-order chi connectivity index (χ1) is 16.5. The third-order valence-corrected chi connectivity index (χ3v) is 7.02. The van der Waals surface area contributed by atoms with Crippen molar-refractivity contribution in [1.82, 2.24) is 4.98 Å². The molecule has 0 fully saturated rings. The van der Waals surface area contributed by atoms with Gasteiger partial charge in [0.05, 0.1) is 11.4 Å². The number of hydrogen-bond donors (Lipinski definition) is 2. The third kappa shape index (κ3) is 5.01. The van der Waals surface area contributed by atoms with E-state index in [1.807, 2.05) is 50.1 Å². The summed E-state index contributed by atoms with van der Waals surface area (Å²) in [5, 5.41) is 7.69. The van der Waals surface area contributed by atoms with E-state index in [0.29, 0.717) is 28.1 Å². The van der Waals surface area contributed by atoms with Gasteiger partial charge < -0.3 is 9.84 Å². The van der Waals surface area contributed by atoms with Crippen LogP contribution in [0.1, 0.15) is 37.9 Å². The lowest BCUT2D eigenvalue weighted by atomic mass is 9.94. The van der Waals surface area contributed by atoms with Gasteiger partial charge in [0.1, 0.15) is 11.9 Å². The summed E-state index contributed by atoms with van der Waals surface area (Å²) in [6.45, 7) is 6.57. The lowest BCUT2D eigenvalue weighted by Crippen LogP contribution is -2.46. The van der Waals surface area contributed by atoms with Gasteiger partial charge in [0.25, 0.3) is 0 Å².